The summed E-state index contributed by atoms with van der Waals surface area (Å²) >= 11 is 0. The van der Waals surface area contributed by atoms with Gasteiger partial charge >= 0.3 is 0 Å². The number of methoxy groups -OCH3 is 1. The minimum atomic E-state index is -0.653. The van der Waals surface area contributed by atoms with Crippen molar-refractivity contribution in [2.45, 2.75) is 19.9 Å². The van der Waals surface area contributed by atoms with Crippen molar-refractivity contribution in [2.75, 3.05) is 12.4 Å². The molecule has 6 nitrogen and oxygen atoms in total. The third-order valence-electron chi connectivity index (χ3n) is 3.48. The Morgan fingerprint density at radius 1 is 1.08 bits per heavy atom. The summed E-state index contributed by atoms with van der Waals surface area (Å²) in [6.07, 6.45) is 1.51. The smallest absolute Gasteiger partial charge is 0.251 e. The van der Waals surface area contributed by atoms with Gasteiger partial charge in [0.2, 0.25) is 11.8 Å². The second-order valence-corrected chi connectivity index (χ2v) is 5.64. The zero-order valence-electron chi connectivity index (χ0n) is 13.9. The van der Waals surface area contributed by atoms with E-state index in [1.54, 1.807) is 36.4 Å². The van der Waals surface area contributed by atoms with Gasteiger partial charge < -0.3 is 15.4 Å². The van der Waals surface area contributed by atoms with Crippen molar-refractivity contribution in [3.8, 4) is 5.88 Å². The molecule has 2 aromatic rings. The van der Waals surface area contributed by atoms with Crippen LogP contribution in [0.2, 0.25) is 0 Å². The fourth-order valence-corrected chi connectivity index (χ4v) is 2.14. The van der Waals surface area contributed by atoms with Crippen LogP contribution >= 0.6 is 0 Å². The van der Waals surface area contributed by atoms with Gasteiger partial charge in [0.1, 0.15) is 6.04 Å². The number of rotatable bonds is 6. The van der Waals surface area contributed by atoms with E-state index in [-0.39, 0.29) is 17.7 Å². The largest absolute Gasteiger partial charge is 0.481 e. The van der Waals surface area contributed by atoms with Gasteiger partial charge in [-0.05, 0) is 24.1 Å². The van der Waals surface area contributed by atoms with Crippen molar-refractivity contribution >= 4 is 17.5 Å². The van der Waals surface area contributed by atoms with Crippen LogP contribution in [0.25, 0.3) is 0 Å². The number of hydrogen-bond donors (Lipinski definition) is 2. The highest BCUT2D eigenvalue weighted by Crippen LogP contribution is 2.13. The Bertz CT molecular complexity index is 684. The first-order chi connectivity index (χ1) is 11.5. The molecule has 24 heavy (non-hydrogen) atoms. The summed E-state index contributed by atoms with van der Waals surface area (Å²) in [7, 11) is 1.52. The lowest BCUT2D eigenvalue weighted by Crippen LogP contribution is -2.47. The first-order valence-electron chi connectivity index (χ1n) is 7.68. The summed E-state index contributed by atoms with van der Waals surface area (Å²) in [6.45, 7) is 3.75. The second-order valence-electron chi connectivity index (χ2n) is 5.64. The Morgan fingerprint density at radius 3 is 2.33 bits per heavy atom. The molecule has 6 heteroatoms. The predicted molar refractivity (Wildman–Crippen MR) is 92.0 cm³/mol. The average molecular weight is 327 g/mol. The highest BCUT2D eigenvalue weighted by molar-refractivity contribution is 6.01. The number of anilines is 1. The standard InChI is InChI=1S/C18H21N3O3/c1-12(2)16(21-17(22)13-7-5-4-6-8-13)18(23)20-14-9-10-15(24-3)19-11-14/h4-12,16H,1-3H3,(H,20,23)(H,21,22). The van der Waals surface area contributed by atoms with Crippen LogP contribution in [0.4, 0.5) is 5.69 Å². The van der Waals surface area contributed by atoms with E-state index >= 15 is 0 Å². The third kappa shape index (κ3) is 4.55. The van der Waals surface area contributed by atoms with E-state index in [0.29, 0.717) is 17.1 Å². The van der Waals surface area contributed by atoms with E-state index in [9.17, 15) is 9.59 Å². The zero-order valence-corrected chi connectivity index (χ0v) is 13.9. The minimum absolute atomic E-state index is 0.0659. The van der Waals surface area contributed by atoms with Crippen molar-refractivity contribution in [3.63, 3.8) is 0 Å². The van der Waals surface area contributed by atoms with Gasteiger partial charge in [0.25, 0.3) is 5.91 Å². The molecule has 0 bridgehead atoms. The highest BCUT2D eigenvalue weighted by Gasteiger charge is 2.24. The van der Waals surface area contributed by atoms with Crippen LogP contribution in [0.15, 0.2) is 48.7 Å². The topological polar surface area (TPSA) is 80.3 Å². The van der Waals surface area contributed by atoms with Crippen molar-refractivity contribution in [1.29, 1.82) is 0 Å². The normalized spacial score (nSPS) is 11.7. The number of carbonyl (C=O) groups is 2. The van der Waals surface area contributed by atoms with Crippen molar-refractivity contribution < 1.29 is 14.3 Å². The third-order valence-corrected chi connectivity index (χ3v) is 3.48. The van der Waals surface area contributed by atoms with Gasteiger partial charge in [-0.2, -0.15) is 0 Å². The Labute approximate surface area is 141 Å². The van der Waals surface area contributed by atoms with Crippen molar-refractivity contribution in [3.05, 3.63) is 54.2 Å². The Morgan fingerprint density at radius 2 is 1.79 bits per heavy atom. The number of nitrogens with one attached hydrogen (secondary N) is 2. The molecule has 0 spiro atoms. The maximum absolute atomic E-state index is 12.5. The van der Waals surface area contributed by atoms with Crippen LogP contribution in [0.3, 0.4) is 0 Å². The molecule has 1 heterocycles. The lowest BCUT2D eigenvalue weighted by molar-refractivity contribution is -0.118. The molecule has 0 radical (unpaired) electrons. The SMILES string of the molecule is COc1ccc(NC(=O)C(NC(=O)c2ccccc2)C(C)C)cn1. The van der Waals surface area contributed by atoms with E-state index in [1.165, 1.54) is 13.3 Å². The summed E-state index contributed by atoms with van der Waals surface area (Å²) in [4.78, 5) is 28.8. The van der Waals surface area contributed by atoms with Crippen molar-refractivity contribution in [1.82, 2.24) is 10.3 Å². The number of aromatic nitrogens is 1. The van der Waals surface area contributed by atoms with Crippen LogP contribution in [0, 0.1) is 5.92 Å². The van der Waals surface area contributed by atoms with E-state index < -0.39 is 6.04 Å². The summed E-state index contributed by atoms with van der Waals surface area (Å²) < 4.78 is 4.98. The molecule has 0 saturated carbocycles. The average Bonchev–Trinajstić information content (AvgIpc) is 2.60. The zero-order chi connectivity index (χ0) is 17.5. The molecule has 1 aromatic carbocycles. The maximum Gasteiger partial charge on any atom is 0.251 e. The van der Waals surface area contributed by atoms with Crippen molar-refractivity contribution in [2.24, 2.45) is 5.92 Å². The molecule has 0 aliphatic rings. The first-order valence-corrected chi connectivity index (χ1v) is 7.68. The number of benzene rings is 1. The summed E-state index contributed by atoms with van der Waals surface area (Å²) in [5.74, 6) is -0.173. The Hall–Kier alpha value is -2.89. The first kappa shape index (κ1) is 17.5. The number of ether oxygens (including phenoxy) is 1. The molecule has 126 valence electrons. The van der Waals surface area contributed by atoms with Gasteiger partial charge in [-0.1, -0.05) is 32.0 Å². The van der Waals surface area contributed by atoms with E-state index in [1.807, 2.05) is 19.9 Å². The molecule has 2 amide bonds. The predicted octanol–water partition coefficient (Wildman–Crippen LogP) is 2.48. The molecule has 1 unspecified atom stereocenters. The highest BCUT2D eigenvalue weighted by atomic mass is 16.5. The molecule has 2 N–H and O–H groups in total. The van der Waals surface area contributed by atoms with Crippen LogP contribution < -0.4 is 15.4 Å². The molecule has 1 atom stereocenters. The monoisotopic (exact) mass is 327 g/mol. The molecular formula is C18H21N3O3. The lowest BCUT2D eigenvalue weighted by Gasteiger charge is -2.21. The summed E-state index contributed by atoms with van der Waals surface area (Å²) in [5.41, 5.74) is 1.06. The van der Waals surface area contributed by atoms with E-state index in [4.69, 9.17) is 4.74 Å². The van der Waals surface area contributed by atoms with Gasteiger partial charge in [0, 0.05) is 11.6 Å². The molecule has 0 saturated heterocycles. The molecule has 0 aliphatic carbocycles. The maximum atomic E-state index is 12.5. The number of amides is 2. The summed E-state index contributed by atoms with van der Waals surface area (Å²) in [6, 6.07) is 11.5. The molecule has 0 aliphatic heterocycles. The molecular weight excluding hydrogens is 306 g/mol. The second kappa shape index (κ2) is 8.10. The fourth-order valence-electron chi connectivity index (χ4n) is 2.14. The summed E-state index contributed by atoms with van der Waals surface area (Å²) in [5, 5.41) is 5.54. The van der Waals surface area contributed by atoms with Crippen LogP contribution in [0.5, 0.6) is 5.88 Å². The van der Waals surface area contributed by atoms with Gasteiger partial charge in [0.05, 0.1) is 19.0 Å². The molecule has 0 fully saturated rings. The number of carbonyl (C=O) groups excluding carboxylic acids is 2. The van der Waals surface area contributed by atoms with Gasteiger partial charge in [-0.15, -0.1) is 0 Å². The number of hydrogen-bond acceptors (Lipinski definition) is 4. The Balaban J connectivity index is 2.06. The van der Waals surface area contributed by atoms with Crippen LogP contribution in [0.1, 0.15) is 24.2 Å². The number of pyridine rings is 1. The van der Waals surface area contributed by atoms with Gasteiger partial charge in [0.15, 0.2) is 0 Å². The van der Waals surface area contributed by atoms with Gasteiger partial charge in [-0.25, -0.2) is 4.98 Å². The van der Waals surface area contributed by atoms with Crippen LogP contribution in [-0.4, -0.2) is 29.9 Å². The van der Waals surface area contributed by atoms with Gasteiger partial charge in [-0.3, -0.25) is 9.59 Å². The molecule has 2 rings (SSSR count). The van der Waals surface area contributed by atoms with E-state index in [0.717, 1.165) is 0 Å². The van der Waals surface area contributed by atoms with E-state index in [2.05, 4.69) is 15.6 Å². The quantitative estimate of drug-likeness (QED) is 0.854. The van der Waals surface area contributed by atoms with Crippen LogP contribution in [-0.2, 0) is 4.79 Å². The Kier molecular flexibility index (Phi) is 5.89. The number of nitrogens with zero attached hydrogens (tertiary/aromatic N) is 1. The minimum Gasteiger partial charge on any atom is -0.481 e. The molecule has 1 aromatic heterocycles. The fraction of sp³-hybridized carbons (Fsp3) is 0.278. The lowest BCUT2D eigenvalue weighted by atomic mass is 10.0.